The van der Waals surface area contributed by atoms with Gasteiger partial charge in [-0.3, -0.25) is 4.57 Å². The Morgan fingerprint density at radius 2 is 1.34 bits per heavy atom. The van der Waals surface area contributed by atoms with Gasteiger partial charge in [-0.25, -0.2) is 9.97 Å². The Balaban J connectivity index is 1.52. The fourth-order valence-electron chi connectivity index (χ4n) is 5.58. The molecule has 0 saturated heterocycles. The van der Waals surface area contributed by atoms with Crippen molar-refractivity contribution in [2.24, 2.45) is 0 Å². The molecule has 0 aliphatic carbocycles. The van der Waals surface area contributed by atoms with E-state index in [-0.39, 0.29) is 0 Å². The van der Waals surface area contributed by atoms with Crippen LogP contribution in [0.1, 0.15) is 0 Å². The zero-order valence-corrected chi connectivity index (χ0v) is 20.4. The van der Waals surface area contributed by atoms with Crippen molar-refractivity contribution in [3.63, 3.8) is 0 Å². The summed E-state index contributed by atoms with van der Waals surface area (Å²) in [7, 11) is 0. The number of imidazole rings is 1. The summed E-state index contributed by atoms with van der Waals surface area (Å²) in [6.07, 6.45) is 1.77. The first-order valence-electron chi connectivity index (χ1n) is 12.7. The first kappa shape index (κ1) is 20.9. The fourth-order valence-corrected chi connectivity index (χ4v) is 5.58. The van der Waals surface area contributed by atoms with E-state index < -0.39 is 0 Å². The number of pyridine rings is 1. The SMILES string of the molecule is c1ccc(-c2ccccc2-n2c(-c3cccc4c3oc3ncccc34)nc3c4ccccc4ccc32)cc1. The summed E-state index contributed by atoms with van der Waals surface area (Å²) in [6.45, 7) is 0. The van der Waals surface area contributed by atoms with Crippen LogP contribution in [0.4, 0.5) is 0 Å². The van der Waals surface area contributed by atoms with Crippen LogP contribution in [0.25, 0.3) is 72.1 Å². The van der Waals surface area contributed by atoms with Crippen molar-refractivity contribution < 1.29 is 4.42 Å². The number of furan rings is 1. The van der Waals surface area contributed by atoms with E-state index in [1.807, 2.05) is 12.1 Å². The second-order valence-electron chi connectivity index (χ2n) is 9.45. The number of rotatable bonds is 3. The maximum absolute atomic E-state index is 6.36. The highest BCUT2D eigenvalue weighted by atomic mass is 16.3. The van der Waals surface area contributed by atoms with E-state index in [2.05, 4.69) is 119 Å². The number of nitrogens with zero attached hydrogens (tertiary/aromatic N) is 3. The third kappa shape index (κ3) is 3.04. The molecule has 0 radical (unpaired) electrons. The molecule has 3 aromatic heterocycles. The van der Waals surface area contributed by atoms with Crippen molar-refractivity contribution in [1.29, 1.82) is 0 Å². The normalized spacial score (nSPS) is 11.7. The van der Waals surface area contributed by atoms with Gasteiger partial charge in [-0.2, -0.15) is 0 Å². The van der Waals surface area contributed by atoms with Gasteiger partial charge in [-0.05, 0) is 41.3 Å². The van der Waals surface area contributed by atoms with E-state index in [1.54, 1.807) is 6.20 Å². The van der Waals surface area contributed by atoms with Crippen molar-refractivity contribution in [2.45, 2.75) is 0 Å². The molecule has 4 heteroatoms. The largest absolute Gasteiger partial charge is 0.437 e. The van der Waals surface area contributed by atoms with Crippen molar-refractivity contribution in [1.82, 2.24) is 14.5 Å². The Morgan fingerprint density at radius 3 is 2.29 bits per heavy atom. The molecule has 38 heavy (non-hydrogen) atoms. The van der Waals surface area contributed by atoms with Crippen LogP contribution in [0.2, 0.25) is 0 Å². The van der Waals surface area contributed by atoms with E-state index in [4.69, 9.17) is 9.40 Å². The Kier molecular flexibility index (Phi) is 4.49. The topological polar surface area (TPSA) is 43.9 Å². The first-order valence-corrected chi connectivity index (χ1v) is 12.7. The average Bonchev–Trinajstić information content (AvgIpc) is 3.57. The molecule has 0 saturated carbocycles. The smallest absolute Gasteiger partial charge is 0.227 e. The van der Waals surface area contributed by atoms with Crippen molar-refractivity contribution in [2.75, 3.05) is 0 Å². The molecule has 4 nitrogen and oxygen atoms in total. The van der Waals surface area contributed by atoms with Crippen LogP contribution >= 0.6 is 0 Å². The lowest BCUT2D eigenvalue weighted by molar-refractivity contribution is 0.654. The van der Waals surface area contributed by atoms with Crippen LogP contribution in [-0.2, 0) is 0 Å². The van der Waals surface area contributed by atoms with E-state index in [0.29, 0.717) is 5.71 Å². The third-order valence-electron chi connectivity index (χ3n) is 7.30. The summed E-state index contributed by atoms with van der Waals surface area (Å²) in [4.78, 5) is 9.80. The standard InChI is InChI=1S/C34H21N3O/c1-2-10-22(11-3-1)24-13-6-7-18-29(24)37-30-20-19-23-12-4-5-14-25(23)31(30)36-33(37)28-16-8-15-26-27-17-9-21-35-34(27)38-32(26)28/h1-21H. The van der Waals surface area contributed by atoms with Gasteiger partial charge in [0, 0.05) is 27.9 Å². The van der Waals surface area contributed by atoms with Crippen LogP contribution in [0, 0.1) is 0 Å². The molecule has 0 fully saturated rings. The number of fused-ring (bicyclic) bond motifs is 6. The molecule has 3 heterocycles. The predicted octanol–water partition coefficient (Wildman–Crippen LogP) is 8.81. The minimum absolute atomic E-state index is 0.632. The zero-order chi connectivity index (χ0) is 25.1. The number of para-hydroxylation sites is 2. The molecule has 178 valence electrons. The van der Waals surface area contributed by atoms with E-state index in [9.17, 15) is 0 Å². The molecule has 0 N–H and O–H groups in total. The molecule has 0 aliphatic rings. The predicted molar refractivity (Wildman–Crippen MR) is 155 cm³/mol. The average molecular weight is 488 g/mol. The summed E-state index contributed by atoms with van der Waals surface area (Å²) < 4.78 is 8.64. The van der Waals surface area contributed by atoms with Gasteiger partial charge in [0.2, 0.25) is 5.71 Å². The second-order valence-corrected chi connectivity index (χ2v) is 9.45. The van der Waals surface area contributed by atoms with Crippen molar-refractivity contribution in [3.05, 3.63) is 128 Å². The Labute approximate surface area is 218 Å². The van der Waals surface area contributed by atoms with Gasteiger partial charge in [0.15, 0.2) is 0 Å². The summed E-state index contributed by atoms with van der Waals surface area (Å²) >= 11 is 0. The van der Waals surface area contributed by atoms with Gasteiger partial charge >= 0.3 is 0 Å². The van der Waals surface area contributed by atoms with Gasteiger partial charge in [0.1, 0.15) is 11.4 Å². The lowest BCUT2D eigenvalue weighted by Crippen LogP contribution is -2.00. The molecular weight excluding hydrogens is 466 g/mol. The maximum Gasteiger partial charge on any atom is 0.227 e. The van der Waals surface area contributed by atoms with Gasteiger partial charge in [-0.15, -0.1) is 0 Å². The van der Waals surface area contributed by atoms with Crippen LogP contribution in [0.5, 0.6) is 0 Å². The van der Waals surface area contributed by atoms with Crippen molar-refractivity contribution in [3.8, 4) is 28.2 Å². The van der Waals surface area contributed by atoms with Crippen LogP contribution in [0.3, 0.4) is 0 Å². The van der Waals surface area contributed by atoms with Gasteiger partial charge in [0.05, 0.1) is 22.3 Å². The summed E-state index contributed by atoms with van der Waals surface area (Å²) in [5, 5.41) is 4.33. The molecule has 5 aromatic carbocycles. The first-order chi connectivity index (χ1) is 18.9. The maximum atomic E-state index is 6.36. The second kappa shape index (κ2) is 8.15. The number of benzene rings is 5. The molecule has 8 aromatic rings. The zero-order valence-electron chi connectivity index (χ0n) is 20.4. The number of hydrogen-bond donors (Lipinski definition) is 0. The molecule has 0 spiro atoms. The highest BCUT2D eigenvalue weighted by molar-refractivity contribution is 6.10. The third-order valence-corrected chi connectivity index (χ3v) is 7.30. The molecule has 0 bridgehead atoms. The summed E-state index contributed by atoms with van der Waals surface area (Å²) in [5.74, 6) is 0.837. The molecule has 8 rings (SSSR count). The summed E-state index contributed by atoms with van der Waals surface area (Å²) in [6, 6.07) is 42.1. The van der Waals surface area contributed by atoms with Crippen LogP contribution in [0.15, 0.2) is 132 Å². The Morgan fingerprint density at radius 1 is 0.579 bits per heavy atom. The number of aromatic nitrogens is 3. The van der Waals surface area contributed by atoms with E-state index >= 15 is 0 Å². The quantitative estimate of drug-likeness (QED) is 0.250. The minimum atomic E-state index is 0.632. The van der Waals surface area contributed by atoms with E-state index in [1.165, 1.54) is 5.39 Å². The molecule has 0 unspecified atom stereocenters. The molecule has 0 amide bonds. The Hall–Kier alpha value is -5.22. The lowest BCUT2D eigenvalue weighted by atomic mass is 10.0. The van der Waals surface area contributed by atoms with E-state index in [0.717, 1.165) is 61.0 Å². The molecular formula is C34H21N3O. The highest BCUT2D eigenvalue weighted by Gasteiger charge is 2.22. The highest BCUT2D eigenvalue weighted by Crippen LogP contribution is 2.40. The van der Waals surface area contributed by atoms with Gasteiger partial charge < -0.3 is 4.42 Å². The Bertz CT molecular complexity index is 2140. The van der Waals surface area contributed by atoms with Gasteiger partial charge in [-0.1, -0.05) is 91.0 Å². The molecule has 0 atom stereocenters. The summed E-state index contributed by atoms with van der Waals surface area (Å²) in [5.41, 5.74) is 7.73. The minimum Gasteiger partial charge on any atom is -0.437 e. The fraction of sp³-hybridized carbons (Fsp3) is 0. The van der Waals surface area contributed by atoms with Gasteiger partial charge in [0.25, 0.3) is 0 Å². The molecule has 0 aliphatic heterocycles. The number of hydrogen-bond acceptors (Lipinski definition) is 3. The monoisotopic (exact) mass is 487 g/mol. The van der Waals surface area contributed by atoms with Crippen LogP contribution in [-0.4, -0.2) is 14.5 Å². The van der Waals surface area contributed by atoms with Crippen LogP contribution < -0.4 is 0 Å². The lowest BCUT2D eigenvalue weighted by Gasteiger charge is -2.15. The van der Waals surface area contributed by atoms with Crippen molar-refractivity contribution >= 4 is 43.9 Å².